The lowest BCUT2D eigenvalue weighted by molar-refractivity contribution is 0.0938. The van der Waals surface area contributed by atoms with Crippen molar-refractivity contribution < 1.29 is 4.79 Å². The first-order valence-electron chi connectivity index (χ1n) is 5.89. The van der Waals surface area contributed by atoms with Crippen LogP contribution < -0.4 is 0 Å². The molecule has 0 aliphatic heterocycles. The number of hydrogen-bond donors (Lipinski definition) is 0. The zero-order valence-electron chi connectivity index (χ0n) is 11.2. The Kier molecular flexibility index (Phi) is 3.57. The van der Waals surface area contributed by atoms with Crippen molar-refractivity contribution in [2.75, 3.05) is 0 Å². The minimum atomic E-state index is 0.0687. The van der Waals surface area contributed by atoms with Crippen LogP contribution in [-0.2, 0) is 5.41 Å². The van der Waals surface area contributed by atoms with E-state index in [1.165, 1.54) is 5.56 Å². The van der Waals surface area contributed by atoms with Crippen LogP contribution in [0.5, 0.6) is 0 Å². The van der Waals surface area contributed by atoms with E-state index in [0.29, 0.717) is 0 Å². The van der Waals surface area contributed by atoms with Gasteiger partial charge in [0, 0.05) is 11.5 Å². The quantitative estimate of drug-likeness (QED) is 0.682. The fraction of sp³-hybridized carbons (Fsp3) is 0.533. The van der Waals surface area contributed by atoms with Crippen molar-refractivity contribution in [3.05, 3.63) is 34.9 Å². The van der Waals surface area contributed by atoms with E-state index in [4.69, 9.17) is 0 Å². The first kappa shape index (κ1) is 13.0. The van der Waals surface area contributed by atoms with Gasteiger partial charge in [0.05, 0.1) is 0 Å². The Hall–Kier alpha value is -1.11. The van der Waals surface area contributed by atoms with E-state index in [0.717, 1.165) is 11.1 Å². The van der Waals surface area contributed by atoms with Gasteiger partial charge >= 0.3 is 0 Å². The average Bonchev–Trinajstić information content (AvgIpc) is 2.15. The number of hydrogen-bond acceptors (Lipinski definition) is 1. The van der Waals surface area contributed by atoms with E-state index < -0.39 is 0 Å². The predicted octanol–water partition coefficient (Wildman–Crippen LogP) is 4.13. The molecule has 0 aliphatic carbocycles. The summed E-state index contributed by atoms with van der Waals surface area (Å²) >= 11 is 0. The summed E-state index contributed by atoms with van der Waals surface area (Å²) in [4.78, 5) is 11.9. The topological polar surface area (TPSA) is 17.1 Å². The highest BCUT2D eigenvalue weighted by molar-refractivity contribution is 5.98. The fourth-order valence-electron chi connectivity index (χ4n) is 1.72. The van der Waals surface area contributed by atoms with Crippen molar-refractivity contribution in [1.82, 2.24) is 0 Å². The van der Waals surface area contributed by atoms with Crippen molar-refractivity contribution in [2.45, 2.75) is 47.0 Å². The highest BCUT2D eigenvalue weighted by Crippen LogP contribution is 2.25. The minimum Gasteiger partial charge on any atom is -0.294 e. The molecule has 1 aromatic rings. The van der Waals surface area contributed by atoms with Crippen molar-refractivity contribution in [3.63, 3.8) is 0 Å². The number of carbonyl (C=O) groups is 1. The average molecular weight is 218 g/mol. The number of aryl methyl sites for hydroxylation is 1. The first-order valence-corrected chi connectivity index (χ1v) is 5.89. The molecule has 1 aromatic carbocycles. The molecule has 0 atom stereocenters. The Balaban J connectivity index is 3.15. The lowest BCUT2D eigenvalue weighted by atomic mass is 9.84. The Morgan fingerprint density at radius 2 is 1.75 bits per heavy atom. The summed E-state index contributed by atoms with van der Waals surface area (Å²) < 4.78 is 0. The highest BCUT2D eigenvalue weighted by atomic mass is 16.1. The third-order valence-corrected chi connectivity index (χ3v) is 2.88. The van der Waals surface area contributed by atoms with Crippen LogP contribution in [0.4, 0.5) is 0 Å². The number of Topliss-reactive ketones (excluding diaryl/α,β-unsaturated/α-hetero) is 1. The SMILES string of the molecule is Cc1cc(C(C)(C)C)ccc1C(=O)C(C)C. The Morgan fingerprint density at radius 3 is 2.12 bits per heavy atom. The van der Waals surface area contributed by atoms with E-state index in [9.17, 15) is 4.79 Å². The standard InChI is InChI=1S/C15H22O/c1-10(2)14(16)13-8-7-12(9-11(13)3)15(4,5)6/h7-10H,1-6H3. The normalized spacial score (nSPS) is 11.9. The molecule has 0 fully saturated rings. The third kappa shape index (κ3) is 2.72. The molecule has 0 N–H and O–H groups in total. The van der Waals surface area contributed by atoms with Gasteiger partial charge in [0.2, 0.25) is 0 Å². The lowest BCUT2D eigenvalue weighted by Crippen LogP contribution is -2.14. The molecule has 0 aromatic heterocycles. The van der Waals surface area contributed by atoms with Crippen LogP contribution in [0.1, 0.15) is 56.1 Å². The molecule has 0 amide bonds. The van der Waals surface area contributed by atoms with Crippen LogP contribution in [-0.4, -0.2) is 5.78 Å². The number of rotatable bonds is 2. The predicted molar refractivity (Wildman–Crippen MR) is 69.0 cm³/mol. The summed E-state index contributed by atoms with van der Waals surface area (Å²) in [5.74, 6) is 0.303. The van der Waals surface area contributed by atoms with Crippen LogP contribution in [0.15, 0.2) is 18.2 Å². The summed E-state index contributed by atoms with van der Waals surface area (Å²) in [6.45, 7) is 12.5. The number of ketones is 1. The van der Waals surface area contributed by atoms with E-state index in [1.807, 2.05) is 26.8 Å². The molecule has 1 heteroatoms. The van der Waals surface area contributed by atoms with E-state index in [2.05, 4.69) is 32.9 Å². The maximum absolute atomic E-state index is 11.9. The minimum absolute atomic E-state index is 0.0687. The summed E-state index contributed by atoms with van der Waals surface area (Å²) in [6.07, 6.45) is 0. The molecular weight excluding hydrogens is 196 g/mol. The van der Waals surface area contributed by atoms with E-state index in [1.54, 1.807) is 0 Å². The maximum atomic E-state index is 11.9. The van der Waals surface area contributed by atoms with Crippen molar-refractivity contribution in [1.29, 1.82) is 0 Å². The largest absolute Gasteiger partial charge is 0.294 e. The van der Waals surface area contributed by atoms with Gasteiger partial charge in [-0.15, -0.1) is 0 Å². The van der Waals surface area contributed by atoms with Gasteiger partial charge in [-0.1, -0.05) is 52.8 Å². The molecule has 0 saturated carbocycles. The molecule has 0 spiro atoms. The first-order chi connectivity index (χ1) is 7.23. The summed E-state index contributed by atoms with van der Waals surface area (Å²) in [5, 5.41) is 0. The van der Waals surface area contributed by atoms with Gasteiger partial charge in [0.1, 0.15) is 0 Å². The molecule has 16 heavy (non-hydrogen) atoms. The lowest BCUT2D eigenvalue weighted by Gasteiger charge is -2.20. The van der Waals surface area contributed by atoms with Crippen LogP contribution in [0.25, 0.3) is 0 Å². The molecule has 0 unspecified atom stereocenters. The van der Waals surface area contributed by atoms with Gasteiger partial charge in [0.25, 0.3) is 0 Å². The Labute approximate surface area is 98.9 Å². The molecule has 0 aliphatic rings. The zero-order valence-corrected chi connectivity index (χ0v) is 11.2. The van der Waals surface area contributed by atoms with Crippen molar-refractivity contribution in [2.24, 2.45) is 5.92 Å². The van der Waals surface area contributed by atoms with Gasteiger partial charge in [-0.25, -0.2) is 0 Å². The summed E-state index contributed by atoms with van der Waals surface area (Å²) in [5.41, 5.74) is 3.38. The van der Waals surface area contributed by atoms with Crippen LogP contribution in [0.3, 0.4) is 0 Å². The second kappa shape index (κ2) is 4.40. The Morgan fingerprint density at radius 1 is 1.19 bits per heavy atom. The number of carbonyl (C=O) groups excluding carboxylic acids is 1. The molecule has 1 nitrogen and oxygen atoms in total. The van der Waals surface area contributed by atoms with Gasteiger partial charge in [0.15, 0.2) is 5.78 Å². The maximum Gasteiger partial charge on any atom is 0.165 e. The molecule has 0 heterocycles. The van der Waals surface area contributed by atoms with Gasteiger partial charge in [-0.3, -0.25) is 4.79 Å². The van der Waals surface area contributed by atoms with Crippen molar-refractivity contribution >= 4 is 5.78 Å². The van der Waals surface area contributed by atoms with Gasteiger partial charge in [-0.05, 0) is 23.5 Å². The van der Waals surface area contributed by atoms with Crippen molar-refractivity contribution in [3.8, 4) is 0 Å². The molecule has 0 bridgehead atoms. The third-order valence-electron chi connectivity index (χ3n) is 2.88. The fourth-order valence-corrected chi connectivity index (χ4v) is 1.72. The smallest absolute Gasteiger partial charge is 0.165 e. The monoisotopic (exact) mass is 218 g/mol. The molecule has 0 saturated heterocycles. The van der Waals surface area contributed by atoms with Crippen LogP contribution in [0, 0.1) is 12.8 Å². The molecule has 0 radical (unpaired) electrons. The molecule has 88 valence electrons. The molecular formula is C15H22O. The van der Waals surface area contributed by atoms with Gasteiger partial charge in [-0.2, -0.15) is 0 Å². The number of benzene rings is 1. The van der Waals surface area contributed by atoms with Gasteiger partial charge < -0.3 is 0 Å². The summed E-state index contributed by atoms with van der Waals surface area (Å²) in [6, 6.07) is 6.18. The van der Waals surface area contributed by atoms with Crippen LogP contribution >= 0.6 is 0 Å². The van der Waals surface area contributed by atoms with E-state index >= 15 is 0 Å². The summed E-state index contributed by atoms with van der Waals surface area (Å²) in [7, 11) is 0. The zero-order chi connectivity index (χ0) is 12.5. The van der Waals surface area contributed by atoms with Crippen LogP contribution in [0.2, 0.25) is 0 Å². The Bertz CT molecular complexity index is 394. The second-order valence-electron chi connectivity index (χ2n) is 5.80. The molecule has 1 rings (SSSR count). The second-order valence-corrected chi connectivity index (χ2v) is 5.80. The highest BCUT2D eigenvalue weighted by Gasteiger charge is 2.17. The van der Waals surface area contributed by atoms with E-state index in [-0.39, 0.29) is 17.1 Å².